The van der Waals surface area contributed by atoms with E-state index in [1.807, 2.05) is 0 Å². The zero-order valence-electron chi connectivity index (χ0n) is 15.2. The molecule has 0 spiro atoms. The average molecular weight is 455 g/mol. The lowest BCUT2D eigenvalue weighted by atomic mass is 10.1. The second kappa shape index (κ2) is 8.89. The number of sulfone groups is 1. The first-order valence-corrected chi connectivity index (χ1v) is 11.3. The Morgan fingerprint density at radius 2 is 1.97 bits per heavy atom. The van der Waals surface area contributed by atoms with Crippen LogP contribution in [0.3, 0.4) is 0 Å². The number of amides is 1. The molecule has 1 heterocycles. The number of carbonyl (C=O) groups is 1. The number of thiazole rings is 1. The molecule has 0 aliphatic heterocycles. The Balaban J connectivity index is 1.61. The minimum atomic E-state index is -3.60. The number of hydrogen-bond donors (Lipinski definition) is 1. The number of halogens is 2. The molecule has 152 valence electrons. The van der Waals surface area contributed by atoms with E-state index in [0.29, 0.717) is 21.4 Å². The largest absolute Gasteiger partial charge is 0.494 e. The number of nitrogens with one attached hydrogen (secondary N) is 1. The highest BCUT2D eigenvalue weighted by atomic mass is 35.5. The van der Waals surface area contributed by atoms with Crippen LogP contribution < -0.4 is 10.1 Å². The number of aromatic nitrogens is 1. The molecule has 0 aliphatic rings. The highest BCUT2D eigenvalue weighted by Gasteiger charge is 2.17. The summed E-state index contributed by atoms with van der Waals surface area (Å²) >= 11 is 6.92. The molecular weight excluding hydrogens is 439 g/mol. The standard InChI is InChI=1S/C19H16ClFN2O4S2/c1-27-17-7-2-12(10-15(17)21)16-11-28-19(22-16)23-18(24)8-9-29(25,26)14-5-3-13(20)4-6-14/h2-7,10-11H,8-9H2,1H3,(H,22,23,24). The van der Waals surface area contributed by atoms with E-state index in [0.717, 1.165) is 11.3 Å². The van der Waals surface area contributed by atoms with Crippen LogP contribution >= 0.6 is 22.9 Å². The molecule has 0 saturated carbocycles. The number of carbonyl (C=O) groups excluding carboxylic acids is 1. The van der Waals surface area contributed by atoms with E-state index in [2.05, 4.69) is 10.3 Å². The van der Waals surface area contributed by atoms with Crippen LogP contribution in [0.5, 0.6) is 5.75 Å². The van der Waals surface area contributed by atoms with Gasteiger partial charge in [0.2, 0.25) is 5.91 Å². The van der Waals surface area contributed by atoms with Crippen LogP contribution in [0, 0.1) is 5.82 Å². The van der Waals surface area contributed by atoms with Crippen LogP contribution in [0.1, 0.15) is 6.42 Å². The quantitative estimate of drug-likeness (QED) is 0.571. The number of rotatable bonds is 7. The van der Waals surface area contributed by atoms with Crippen molar-refractivity contribution in [1.29, 1.82) is 0 Å². The Hall–Kier alpha value is -2.49. The molecule has 10 heteroatoms. The molecule has 0 atom stereocenters. The number of nitrogens with zero attached hydrogens (tertiary/aromatic N) is 1. The van der Waals surface area contributed by atoms with E-state index < -0.39 is 21.6 Å². The molecule has 0 aliphatic carbocycles. The summed E-state index contributed by atoms with van der Waals surface area (Å²) in [4.78, 5) is 16.5. The fourth-order valence-corrected chi connectivity index (χ4v) is 4.56. The van der Waals surface area contributed by atoms with E-state index in [1.165, 1.54) is 43.5 Å². The highest BCUT2D eigenvalue weighted by Crippen LogP contribution is 2.28. The van der Waals surface area contributed by atoms with E-state index in [9.17, 15) is 17.6 Å². The molecule has 0 fully saturated rings. The van der Waals surface area contributed by atoms with Crippen molar-refractivity contribution in [3.63, 3.8) is 0 Å². The lowest BCUT2D eigenvalue weighted by Gasteiger charge is -2.05. The predicted molar refractivity (Wildman–Crippen MR) is 111 cm³/mol. The molecule has 0 bridgehead atoms. The monoisotopic (exact) mass is 454 g/mol. The molecule has 3 aromatic rings. The first kappa shape index (κ1) is 21.2. The molecule has 1 aromatic heterocycles. The maximum Gasteiger partial charge on any atom is 0.227 e. The summed E-state index contributed by atoms with van der Waals surface area (Å²) in [6.45, 7) is 0. The third kappa shape index (κ3) is 5.31. The molecule has 29 heavy (non-hydrogen) atoms. The van der Waals surface area contributed by atoms with Gasteiger partial charge in [-0.2, -0.15) is 0 Å². The van der Waals surface area contributed by atoms with Gasteiger partial charge in [-0.25, -0.2) is 17.8 Å². The zero-order chi connectivity index (χ0) is 21.0. The topological polar surface area (TPSA) is 85.4 Å². The lowest BCUT2D eigenvalue weighted by Crippen LogP contribution is -2.17. The fourth-order valence-electron chi connectivity index (χ4n) is 2.46. The van der Waals surface area contributed by atoms with Gasteiger partial charge in [-0.1, -0.05) is 11.6 Å². The SMILES string of the molecule is COc1ccc(-c2csc(NC(=O)CCS(=O)(=O)c3ccc(Cl)cc3)n2)cc1F. The van der Waals surface area contributed by atoms with E-state index in [1.54, 1.807) is 11.4 Å². The van der Waals surface area contributed by atoms with Crippen molar-refractivity contribution in [2.24, 2.45) is 0 Å². The number of benzene rings is 2. The molecule has 0 radical (unpaired) electrons. The number of hydrogen-bond acceptors (Lipinski definition) is 6. The summed E-state index contributed by atoms with van der Waals surface area (Å²) in [5, 5.41) is 4.96. The normalized spacial score (nSPS) is 11.3. The van der Waals surface area contributed by atoms with Crippen LogP contribution in [-0.2, 0) is 14.6 Å². The van der Waals surface area contributed by atoms with Crippen molar-refractivity contribution in [2.45, 2.75) is 11.3 Å². The fraction of sp³-hybridized carbons (Fsp3) is 0.158. The minimum absolute atomic E-state index is 0.104. The predicted octanol–water partition coefficient (Wildman–Crippen LogP) is 4.41. The van der Waals surface area contributed by atoms with Gasteiger partial charge in [-0.15, -0.1) is 11.3 Å². The third-order valence-electron chi connectivity index (χ3n) is 3.97. The van der Waals surface area contributed by atoms with E-state index >= 15 is 0 Å². The van der Waals surface area contributed by atoms with Crippen LogP contribution in [0.15, 0.2) is 52.7 Å². The maximum atomic E-state index is 13.8. The molecule has 2 aromatic carbocycles. The number of methoxy groups -OCH3 is 1. The van der Waals surface area contributed by atoms with Gasteiger partial charge in [0.05, 0.1) is 23.5 Å². The zero-order valence-corrected chi connectivity index (χ0v) is 17.6. The van der Waals surface area contributed by atoms with Crippen LogP contribution in [0.4, 0.5) is 9.52 Å². The molecule has 3 rings (SSSR count). The summed E-state index contributed by atoms with van der Waals surface area (Å²) in [7, 11) is -2.23. The third-order valence-corrected chi connectivity index (χ3v) is 6.71. The minimum Gasteiger partial charge on any atom is -0.494 e. The van der Waals surface area contributed by atoms with Crippen molar-refractivity contribution < 1.29 is 22.3 Å². The Labute approximate surface area is 176 Å². The first-order chi connectivity index (χ1) is 13.8. The van der Waals surface area contributed by atoms with Gasteiger partial charge in [0.1, 0.15) is 0 Å². The highest BCUT2D eigenvalue weighted by molar-refractivity contribution is 7.91. The van der Waals surface area contributed by atoms with Crippen molar-refractivity contribution in [3.05, 3.63) is 58.7 Å². The second-order valence-electron chi connectivity index (χ2n) is 5.96. The second-order valence-corrected chi connectivity index (χ2v) is 9.36. The van der Waals surface area contributed by atoms with Crippen molar-refractivity contribution >= 4 is 43.8 Å². The molecule has 1 N–H and O–H groups in total. The summed E-state index contributed by atoms with van der Waals surface area (Å²) < 4.78 is 43.3. The summed E-state index contributed by atoms with van der Waals surface area (Å²) in [5.41, 5.74) is 1.02. The molecule has 1 amide bonds. The van der Waals surface area contributed by atoms with Gasteiger partial charge in [0.15, 0.2) is 26.5 Å². The smallest absolute Gasteiger partial charge is 0.227 e. The van der Waals surface area contributed by atoms with Gasteiger partial charge in [0.25, 0.3) is 0 Å². The lowest BCUT2D eigenvalue weighted by molar-refractivity contribution is -0.115. The van der Waals surface area contributed by atoms with Gasteiger partial charge >= 0.3 is 0 Å². The molecule has 0 unspecified atom stereocenters. The summed E-state index contributed by atoms with van der Waals surface area (Å²) in [5.74, 6) is -1.22. The van der Waals surface area contributed by atoms with Gasteiger partial charge in [0, 0.05) is 22.4 Å². The maximum absolute atomic E-state index is 13.8. The van der Waals surface area contributed by atoms with Crippen LogP contribution in [0.25, 0.3) is 11.3 Å². The number of anilines is 1. The summed E-state index contributed by atoms with van der Waals surface area (Å²) in [6.07, 6.45) is -0.225. The van der Waals surface area contributed by atoms with Crippen LogP contribution in [-0.4, -0.2) is 32.2 Å². The van der Waals surface area contributed by atoms with Gasteiger partial charge < -0.3 is 10.1 Å². The molecule has 0 saturated heterocycles. The molecular formula is C19H16ClFN2O4S2. The Morgan fingerprint density at radius 3 is 2.62 bits per heavy atom. The van der Waals surface area contributed by atoms with Gasteiger partial charge in [-0.3, -0.25) is 4.79 Å². The Morgan fingerprint density at radius 1 is 1.24 bits per heavy atom. The van der Waals surface area contributed by atoms with Crippen molar-refractivity contribution in [2.75, 3.05) is 18.2 Å². The van der Waals surface area contributed by atoms with E-state index in [4.69, 9.17) is 16.3 Å². The van der Waals surface area contributed by atoms with Crippen LogP contribution in [0.2, 0.25) is 5.02 Å². The van der Waals surface area contributed by atoms with Crippen molar-refractivity contribution in [1.82, 2.24) is 4.98 Å². The number of ether oxygens (including phenoxy) is 1. The molecule has 6 nitrogen and oxygen atoms in total. The van der Waals surface area contributed by atoms with Gasteiger partial charge in [-0.05, 0) is 42.5 Å². The average Bonchev–Trinajstić information content (AvgIpc) is 3.15. The van der Waals surface area contributed by atoms with Crippen molar-refractivity contribution in [3.8, 4) is 17.0 Å². The first-order valence-electron chi connectivity index (χ1n) is 8.36. The Kier molecular flexibility index (Phi) is 6.51. The summed E-state index contributed by atoms with van der Waals surface area (Å²) in [6, 6.07) is 10.2. The van der Waals surface area contributed by atoms with E-state index in [-0.39, 0.29) is 22.8 Å². The Bertz CT molecular complexity index is 1130.